The van der Waals surface area contributed by atoms with Crippen LogP contribution >= 0.6 is 0 Å². The normalized spacial score (nSPS) is 15.2. The predicted molar refractivity (Wildman–Crippen MR) is 98.9 cm³/mol. The summed E-state index contributed by atoms with van der Waals surface area (Å²) in [6.07, 6.45) is 4.02. The van der Waals surface area contributed by atoms with Crippen LogP contribution in [0.5, 0.6) is 5.75 Å². The molecule has 2 aromatic heterocycles. The number of aromatic nitrogens is 2. The molecule has 7 heteroatoms. The van der Waals surface area contributed by atoms with Crippen molar-refractivity contribution in [3.63, 3.8) is 0 Å². The van der Waals surface area contributed by atoms with Gasteiger partial charge in [-0.15, -0.1) is 0 Å². The minimum absolute atomic E-state index is 0.108. The summed E-state index contributed by atoms with van der Waals surface area (Å²) < 4.78 is 20.9. The summed E-state index contributed by atoms with van der Waals surface area (Å²) in [7, 11) is 0. The molecule has 1 amide bonds. The summed E-state index contributed by atoms with van der Waals surface area (Å²) >= 11 is 0. The monoisotopic (exact) mass is 368 g/mol. The highest BCUT2D eigenvalue weighted by Crippen LogP contribution is 2.16. The van der Waals surface area contributed by atoms with Gasteiger partial charge in [0.05, 0.1) is 5.69 Å². The zero-order valence-corrected chi connectivity index (χ0v) is 14.9. The molecule has 0 saturated carbocycles. The van der Waals surface area contributed by atoms with Crippen molar-refractivity contribution < 1.29 is 13.9 Å². The summed E-state index contributed by atoms with van der Waals surface area (Å²) in [6, 6.07) is 12.0. The van der Waals surface area contributed by atoms with Gasteiger partial charge in [0.1, 0.15) is 5.65 Å². The Morgan fingerprint density at radius 3 is 2.63 bits per heavy atom. The van der Waals surface area contributed by atoms with Crippen LogP contribution in [0.15, 0.2) is 54.9 Å². The lowest BCUT2D eigenvalue weighted by Gasteiger charge is -2.34. The second-order valence-corrected chi connectivity index (χ2v) is 6.57. The third-order valence-corrected chi connectivity index (χ3v) is 4.71. The number of rotatable bonds is 5. The molecule has 4 rings (SSSR count). The number of hydrogen-bond acceptors (Lipinski definition) is 4. The number of halogens is 1. The second kappa shape index (κ2) is 7.75. The van der Waals surface area contributed by atoms with Gasteiger partial charge >= 0.3 is 0 Å². The smallest absolute Gasteiger partial charge is 0.260 e. The van der Waals surface area contributed by atoms with Gasteiger partial charge in [0.25, 0.3) is 5.91 Å². The first-order chi connectivity index (χ1) is 13.2. The Kier molecular flexibility index (Phi) is 5.02. The maximum atomic E-state index is 13.6. The number of amides is 1. The highest BCUT2D eigenvalue weighted by Gasteiger charge is 2.22. The third-order valence-electron chi connectivity index (χ3n) is 4.71. The maximum absolute atomic E-state index is 13.6. The van der Waals surface area contributed by atoms with Gasteiger partial charge in [-0.3, -0.25) is 9.69 Å². The number of imidazole rings is 1. The maximum Gasteiger partial charge on any atom is 0.260 e. The topological polar surface area (TPSA) is 50.1 Å². The molecule has 0 N–H and O–H groups in total. The minimum atomic E-state index is -0.456. The van der Waals surface area contributed by atoms with E-state index in [0.29, 0.717) is 13.1 Å². The summed E-state index contributed by atoms with van der Waals surface area (Å²) in [6.45, 7) is 3.43. The average Bonchev–Trinajstić information content (AvgIpc) is 3.10. The molecule has 0 aliphatic carbocycles. The van der Waals surface area contributed by atoms with Gasteiger partial charge in [-0.2, -0.15) is 0 Å². The van der Waals surface area contributed by atoms with E-state index in [0.717, 1.165) is 31.0 Å². The van der Waals surface area contributed by atoms with Crippen molar-refractivity contribution in [3.8, 4) is 5.75 Å². The van der Waals surface area contributed by atoms with Crippen LogP contribution < -0.4 is 4.74 Å². The molecule has 0 bridgehead atoms. The van der Waals surface area contributed by atoms with Gasteiger partial charge < -0.3 is 14.0 Å². The first-order valence-corrected chi connectivity index (χ1v) is 8.99. The van der Waals surface area contributed by atoms with E-state index in [1.54, 1.807) is 17.0 Å². The molecule has 1 aliphatic heterocycles. The number of carbonyl (C=O) groups excluding carboxylic acids is 1. The fraction of sp³-hybridized carbons (Fsp3) is 0.300. The van der Waals surface area contributed by atoms with E-state index in [2.05, 4.69) is 9.88 Å². The molecule has 1 saturated heterocycles. The minimum Gasteiger partial charge on any atom is -0.481 e. The quantitative estimate of drug-likeness (QED) is 0.693. The molecule has 1 fully saturated rings. The van der Waals surface area contributed by atoms with Crippen LogP contribution in [0.1, 0.15) is 5.69 Å². The summed E-state index contributed by atoms with van der Waals surface area (Å²) in [5.41, 5.74) is 1.95. The molecule has 6 nitrogen and oxygen atoms in total. The Hall–Kier alpha value is -2.93. The molecule has 0 spiro atoms. The number of hydrogen-bond donors (Lipinski definition) is 0. The van der Waals surface area contributed by atoms with Crippen LogP contribution in [-0.4, -0.2) is 57.9 Å². The molecule has 0 unspecified atom stereocenters. The van der Waals surface area contributed by atoms with Crippen LogP contribution in [0.4, 0.5) is 4.39 Å². The second-order valence-electron chi connectivity index (χ2n) is 6.57. The zero-order chi connectivity index (χ0) is 18.6. The zero-order valence-electron chi connectivity index (χ0n) is 14.9. The largest absolute Gasteiger partial charge is 0.481 e. The molecule has 1 aromatic carbocycles. The first-order valence-electron chi connectivity index (χ1n) is 8.99. The highest BCUT2D eigenvalue weighted by atomic mass is 19.1. The Labute approximate surface area is 156 Å². The lowest BCUT2D eigenvalue weighted by molar-refractivity contribution is -0.135. The molecule has 0 atom stereocenters. The van der Waals surface area contributed by atoms with E-state index in [9.17, 15) is 9.18 Å². The Morgan fingerprint density at radius 1 is 1.07 bits per heavy atom. The van der Waals surface area contributed by atoms with Gasteiger partial charge in [0, 0.05) is 45.1 Å². The number of ether oxygens (including phenoxy) is 1. The van der Waals surface area contributed by atoms with Crippen LogP contribution in [0.3, 0.4) is 0 Å². The Balaban J connectivity index is 1.27. The van der Waals surface area contributed by atoms with Crippen molar-refractivity contribution >= 4 is 11.6 Å². The first kappa shape index (κ1) is 17.5. The molecular formula is C20H21FN4O2. The summed E-state index contributed by atoms with van der Waals surface area (Å²) in [4.78, 5) is 21.0. The van der Waals surface area contributed by atoms with E-state index in [-0.39, 0.29) is 18.3 Å². The fourth-order valence-electron chi connectivity index (χ4n) is 3.24. The number of pyridine rings is 1. The Bertz CT molecular complexity index is 901. The predicted octanol–water partition coefficient (Wildman–Crippen LogP) is 2.20. The third kappa shape index (κ3) is 4.09. The summed E-state index contributed by atoms with van der Waals surface area (Å²) in [5.74, 6) is -0.468. The van der Waals surface area contributed by atoms with Crippen LogP contribution in [0.25, 0.3) is 5.65 Å². The fourth-order valence-corrected chi connectivity index (χ4v) is 3.24. The van der Waals surface area contributed by atoms with Gasteiger partial charge in [-0.1, -0.05) is 18.2 Å². The molecule has 27 heavy (non-hydrogen) atoms. The van der Waals surface area contributed by atoms with E-state index in [1.165, 1.54) is 12.1 Å². The standard InChI is InChI=1S/C20H21FN4O2/c21-17-5-1-2-6-18(17)27-15-20(26)24-11-9-23(10-12-24)13-16-14-25-8-4-3-7-19(25)22-16/h1-8,14H,9-13,15H2. The number of para-hydroxylation sites is 1. The molecule has 0 radical (unpaired) electrons. The van der Waals surface area contributed by atoms with Crippen molar-refractivity contribution in [3.05, 3.63) is 66.4 Å². The van der Waals surface area contributed by atoms with E-state index >= 15 is 0 Å². The van der Waals surface area contributed by atoms with Crippen molar-refractivity contribution in [1.82, 2.24) is 19.2 Å². The molecule has 1 aliphatic rings. The molecule has 3 aromatic rings. The van der Waals surface area contributed by atoms with Crippen LogP contribution in [-0.2, 0) is 11.3 Å². The van der Waals surface area contributed by atoms with Crippen molar-refractivity contribution in [1.29, 1.82) is 0 Å². The number of carbonyl (C=O) groups is 1. The lowest BCUT2D eigenvalue weighted by Crippen LogP contribution is -2.49. The van der Waals surface area contributed by atoms with Crippen LogP contribution in [0, 0.1) is 5.82 Å². The van der Waals surface area contributed by atoms with Crippen molar-refractivity contribution in [2.45, 2.75) is 6.54 Å². The molecular weight excluding hydrogens is 347 g/mol. The van der Waals surface area contributed by atoms with Gasteiger partial charge in [0.2, 0.25) is 0 Å². The van der Waals surface area contributed by atoms with Gasteiger partial charge in [-0.25, -0.2) is 9.37 Å². The van der Waals surface area contributed by atoms with Crippen molar-refractivity contribution in [2.24, 2.45) is 0 Å². The van der Waals surface area contributed by atoms with Gasteiger partial charge in [0.15, 0.2) is 18.2 Å². The SMILES string of the molecule is O=C(COc1ccccc1F)N1CCN(Cc2cn3ccccc3n2)CC1. The highest BCUT2D eigenvalue weighted by molar-refractivity contribution is 5.77. The van der Waals surface area contributed by atoms with E-state index in [1.807, 2.05) is 35.0 Å². The number of piperazine rings is 1. The summed E-state index contributed by atoms with van der Waals surface area (Å²) in [5, 5.41) is 0. The lowest BCUT2D eigenvalue weighted by atomic mass is 10.3. The Morgan fingerprint density at radius 2 is 1.85 bits per heavy atom. The molecule has 140 valence electrons. The number of nitrogens with zero attached hydrogens (tertiary/aromatic N) is 4. The number of fused-ring (bicyclic) bond motifs is 1. The molecule has 3 heterocycles. The van der Waals surface area contributed by atoms with E-state index in [4.69, 9.17) is 4.74 Å². The van der Waals surface area contributed by atoms with E-state index < -0.39 is 5.82 Å². The van der Waals surface area contributed by atoms with Crippen molar-refractivity contribution in [2.75, 3.05) is 32.8 Å². The number of benzene rings is 1. The van der Waals surface area contributed by atoms with Crippen LogP contribution in [0.2, 0.25) is 0 Å². The average molecular weight is 368 g/mol. The van der Waals surface area contributed by atoms with Gasteiger partial charge in [-0.05, 0) is 24.3 Å².